The highest BCUT2D eigenvalue weighted by Gasteiger charge is 2.13. The monoisotopic (exact) mass is 405 g/mol. The second-order valence-electron chi connectivity index (χ2n) is 6.01. The van der Waals surface area contributed by atoms with Gasteiger partial charge in [-0.3, -0.25) is 25.8 Å². The quantitative estimate of drug-likeness (QED) is 0.458. The van der Waals surface area contributed by atoms with Crippen LogP contribution < -0.4 is 20.9 Å². The van der Waals surface area contributed by atoms with Crippen LogP contribution in [0.1, 0.15) is 20.7 Å². The van der Waals surface area contributed by atoms with Gasteiger partial charge in [-0.05, 0) is 47.6 Å². The number of rotatable bonds is 4. The summed E-state index contributed by atoms with van der Waals surface area (Å²) in [7, 11) is 1.48. The molecule has 0 radical (unpaired) electrons. The summed E-state index contributed by atoms with van der Waals surface area (Å²) >= 11 is 5.06. The molecule has 0 saturated carbocycles. The minimum atomic E-state index is -0.443. The van der Waals surface area contributed by atoms with E-state index in [1.165, 1.54) is 7.11 Å². The van der Waals surface area contributed by atoms with Crippen molar-refractivity contribution in [2.24, 2.45) is 0 Å². The van der Waals surface area contributed by atoms with Gasteiger partial charge in [0.05, 0.1) is 12.7 Å². The molecule has 3 aromatic carbocycles. The molecule has 0 heterocycles. The number of para-hydroxylation sites is 1. The molecule has 6 nitrogen and oxygen atoms in total. The Morgan fingerprint density at radius 2 is 1.38 bits per heavy atom. The fourth-order valence-electron chi connectivity index (χ4n) is 2.66. The van der Waals surface area contributed by atoms with Gasteiger partial charge >= 0.3 is 0 Å². The van der Waals surface area contributed by atoms with Crippen LogP contribution in [0.4, 0.5) is 0 Å². The lowest BCUT2D eigenvalue weighted by Gasteiger charge is -2.12. The summed E-state index contributed by atoms with van der Waals surface area (Å²) in [4.78, 5) is 24.6. The van der Waals surface area contributed by atoms with E-state index in [0.29, 0.717) is 16.9 Å². The molecule has 0 aromatic heterocycles. The summed E-state index contributed by atoms with van der Waals surface area (Å²) in [5.41, 5.74) is 7.86. The van der Waals surface area contributed by atoms with Crippen molar-refractivity contribution in [3.8, 4) is 16.9 Å². The zero-order chi connectivity index (χ0) is 20.6. The van der Waals surface area contributed by atoms with Crippen LogP contribution in [-0.2, 0) is 0 Å². The molecule has 0 spiro atoms. The Morgan fingerprint density at radius 3 is 2.07 bits per heavy atom. The standard InChI is InChI=1S/C22H19N3O3S/c1-28-19-10-6-5-9-18(19)21(27)23-22(29)25-24-20(26)17-13-11-16(12-14-17)15-7-3-2-4-8-15/h2-14H,1H3,(H,24,26)(H2,23,25,27,29). The molecule has 7 heteroatoms. The van der Waals surface area contributed by atoms with Gasteiger partial charge in [-0.2, -0.15) is 0 Å². The van der Waals surface area contributed by atoms with Crippen LogP contribution in [-0.4, -0.2) is 24.0 Å². The molecule has 146 valence electrons. The van der Waals surface area contributed by atoms with E-state index in [2.05, 4.69) is 16.2 Å². The van der Waals surface area contributed by atoms with E-state index in [-0.39, 0.29) is 11.0 Å². The minimum absolute atomic E-state index is 0.0323. The maximum Gasteiger partial charge on any atom is 0.269 e. The van der Waals surface area contributed by atoms with E-state index in [0.717, 1.165) is 11.1 Å². The summed E-state index contributed by atoms with van der Waals surface area (Å²) in [6.07, 6.45) is 0. The second-order valence-corrected chi connectivity index (χ2v) is 6.41. The number of carbonyl (C=O) groups excluding carboxylic acids is 2. The van der Waals surface area contributed by atoms with Crippen molar-refractivity contribution in [1.82, 2.24) is 16.2 Å². The highest BCUT2D eigenvalue weighted by Crippen LogP contribution is 2.19. The van der Waals surface area contributed by atoms with E-state index in [1.807, 2.05) is 42.5 Å². The first-order chi connectivity index (χ1) is 14.1. The zero-order valence-electron chi connectivity index (χ0n) is 15.6. The number of hydrogen-bond acceptors (Lipinski definition) is 4. The van der Waals surface area contributed by atoms with E-state index >= 15 is 0 Å². The summed E-state index contributed by atoms with van der Waals surface area (Å²) in [5.74, 6) is -0.393. The van der Waals surface area contributed by atoms with Crippen molar-refractivity contribution in [3.63, 3.8) is 0 Å². The Balaban J connectivity index is 1.55. The molecule has 3 rings (SSSR count). The molecule has 0 atom stereocenters. The molecule has 0 aliphatic carbocycles. The van der Waals surface area contributed by atoms with Gasteiger partial charge in [0.25, 0.3) is 11.8 Å². The molecule has 0 aliphatic heterocycles. The number of methoxy groups -OCH3 is 1. The van der Waals surface area contributed by atoms with Gasteiger partial charge in [0.2, 0.25) is 0 Å². The number of thiocarbonyl (C=S) groups is 1. The van der Waals surface area contributed by atoms with Crippen LogP contribution in [0, 0.1) is 0 Å². The van der Waals surface area contributed by atoms with Crippen molar-refractivity contribution in [1.29, 1.82) is 0 Å². The van der Waals surface area contributed by atoms with Crippen LogP contribution in [0.25, 0.3) is 11.1 Å². The SMILES string of the molecule is COc1ccccc1C(=O)NC(=S)NNC(=O)c1ccc(-c2ccccc2)cc1. The molecule has 0 aliphatic rings. The van der Waals surface area contributed by atoms with E-state index in [9.17, 15) is 9.59 Å². The van der Waals surface area contributed by atoms with Crippen molar-refractivity contribution in [2.75, 3.05) is 7.11 Å². The number of hydrogen-bond donors (Lipinski definition) is 3. The first-order valence-electron chi connectivity index (χ1n) is 8.78. The van der Waals surface area contributed by atoms with E-state index < -0.39 is 5.91 Å². The predicted molar refractivity (Wildman–Crippen MR) is 116 cm³/mol. The summed E-state index contributed by atoms with van der Waals surface area (Å²) in [6.45, 7) is 0. The van der Waals surface area contributed by atoms with Crippen molar-refractivity contribution >= 4 is 29.1 Å². The van der Waals surface area contributed by atoms with Crippen molar-refractivity contribution in [2.45, 2.75) is 0 Å². The Bertz CT molecular complexity index is 1020. The third kappa shape index (κ3) is 5.18. The zero-order valence-corrected chi connectivity index (χ0v) is 16.5. The van der Waals surface area contributed by atoms with Gasteiger partial charge in [0.1, 0.15) is 5.75 Å². The summed E-state index contributed by atoms with van der Waals surface area (Å²) in [6, 6.07) is 23.8. The van der Waals surface area contributed by atoms with Crippen LogP contribution in [0.3, 0.4) is 0 Å². The Morgan fingerprint density at radius 1 is 0.759 bits per heavy atom. The number of benzene rings is 3. The molecule has 29 heavy (non-hydrogen) atoms. The van der Waals surface area contributed by atoms with Gasteiger partial charge in [0.15, 0.2) is 5.11 Å². The second kappa shape index (κ2) is 9.48. The van der Waals surface area contributed by atoms with E-state index in [1.54, 1.807) is 36.4 Å². The van der Waals surface area contributed by atoms with Crippen molar-refractivity contribution < 1.29 is 14.3 Å². The Hall–Kier alpha value is -3.71. The summed E-state index contributed by atoms with van der Waals surface area (Å²) in [5, 5.41) is 2.46. The minimum Gasteiger partial charge on any atom is -0.496 e. The van der Waals surface area contributed by atoms with Crippen LogP contribution in [0.5, 0.6) is 5.75 Å². The average molecular weight is 405 g/mol. The lowest BCUT2D eigenvalue weighted by Crippen LogP contribution is -2.48. The third-order valence-electron chi connectivity index (χ3n) is 4.12. The van der Waals surface area contributed by atoms with Crippen LogP contribution in [0.15, 0.2) is 78.9 Å². The Labute approximate surface area is 173 Å². The molecule has 3 N–H and O–H groups in total. The lowest BCUT2D eigenvalue weighted by molar-refractivity contribution is 0.0934. The number of hydrazine groups is 1. The smallest absolute Gasteiger partial charge is 0.269 e. The van der Waals surface area contributed by atoms with Gasteiger partial charge < -0.3 is 4.74 Å². The fraction of sp³-hybridized carbons (Fsp3) is 0.0455. The van der Waals surface area contributed by atoms with Crippen LogP contribution >= 0.6 is 12.2 Å². The molecule has 0 unspecified atom stereocenters. The molecular formula is C22H19N3O3S. The molecular weight excluding hydrogens is 386 g/mol. The maximum absolute atomic E-state index is 12.3. The topological polar surface area (TPSA) is 79.5 Å². The molecule has 2 amide bonds. The first-order valence-corrected chi connectivity index (χ1v) is 9.19. The number of carbonyl (C=O) groups is 2. The van der Waals surface area contributed by atoms with Gasteiger partial charge in [0, 0.05) is 5.56 Å². The van der Waals surface area contributed by atoms with Crippen molar-refractivity contribution in [3.05, 3.63) is 90.0 Å². The number of nitrogens with one attached hydrogen (secondary N) is 3. The molecule has 3 aromatic rings. The number of ether oxygens (including phenoxy) is 1. The largest absolute Gasteiger partial charge is 0.496 e. The highest BCUT2D eigenvalue weighted by atomic mass is 32.1. The normalized spacial score (nSPS) is 9.97. The molecule has 0 bridgehead atoms. The number of amides is 2. The maximum atomic E-state index is 12.3. The predicted octanol–water partition coefficient (Wildman–Crippen LogP) is 3.31. The summed E-state index contributed by atoms with van der Waals surface area (Å²) < 4.78 is 5.15. The third-order valence-corrected chi connectivity index (χ3v) is 4.33. The highest BCUT2D eigenvalue weighted by molar-refractivity contribution is 7.80. The van der Waals surface area contributed by atoms with Crippen LogP contribution in [0.2, 0.25) is 0 Å². The van der Waals surface area contributed by atoms with E-state index in [4.69, 9.17) is 17.0 Å². The molecule has 0 fully saturated rings. The van der Waals surface area contributed by atoms with Gasteiger partial charge in [-0.15, -0.1) is 0 Å². The Kier molecular flexibility index (Phi) is 6.55. The first kappa shape index (κ1) is 20.0. The lowest BCUT2D eigenvalue weighted by atomic mass is 10.0. The fourth-order valence-corrected chi connectivity index (χ4v) is 2.81. The molecule has 0 saturated heterocycles. The van der Waals surface area contributed by atoms with Gasteiger partial charge in [-0.1, -0.05) is 54.6 Å². The average Bonchev–Trinajstić information content (AvgIpc) is 2.78. The van der Waals surface area contributed by atoms with Gasteiger partial charge in [-0.25, -0.2) is 0 Å².